The van der Waals surface area contributed by atoms with Crippen LogP contribution in [0.5, 0.6) is 0 Å². The number of pyridine rings is 1. The number of nitrogens with one attached hydrogen (secondary N) is 1. The van der Waals surface area contributed by atoms with Gasteiger partial charge in [-0.05, 0) is 18.6 Å². The summed E-state index contributed by atoms with van der Waals surface area (Å²) in [6.45, 7) is 4.92. The normalized spacial score (nSPS) is 16.7. The van der Waals surface area contributed by atoms with Crippen LogP contribution in [0, 0.1) is 6.92 Å². The van der Waals surface area contributed by atoms with Crippen molar-refractivity contribution in [3.63, 3.8) is 0 Å². The number of carbonyl (C=O) groups excluding carboxylic acids is 2. The van der Waals surface area contributed by atoms with Gasteiger partial charge in [-0.25, -0.2) is 9.59 Å². The summed E-state index contributed by atoms with van der Waals surface area (Å²) in [5.74, 6) is -2.68. The third kappa shape index (κ3) is 2.88. The predicted molar refractivity (Wildman–Crippen MR) is 84.4 cm³/mol. The Morgan fingerprint density at radius 3 is 2.52 bits per heavy atom. The van der Waals surface area contributed by atoms with Crippen LogP contribution in [0.25, 0.3) is 10.9 Å². The fourth-order valence-corrected chi connectivity index (χ4v) is 2.35. The lowest BCUT2D eigenvalue weighted by Crippen LogP contribution is -2.42. The first-order valence-electron chi connectivity index (χ1n) is 7.15. The van der Waals surface area contributed by atoms with Gasteiger partial charge in [0.25, 0.3) is 5.79 Å². The second-order valence-corrected chi connectivity index (χ2v) is 5.71. The third-order valence-electron chi connectivity index (χ3n) is 3.46. The number of aromatic nitrogens is 1. The zero-order chi connectivity index (χ0) is 16.6. The molecule has 0 saturated carbocycles. The summed E-state index contributed by atoms with van der Waals surface area (Å²) < 4.78 is 10.1. The Bertz CT molecular complexity index is 818. The molecule has 1 saturated heterocycles. The first kappa shape index (κ1) is 15.0. The molecule has 0 bridgehead atoms. The van der Waals surface area contributed by atoms with Gasteiger partial charge >= 0.3 is 11.9 Å². The quantitative estimate of drug-likeness (QED) is 0.522. The number of esters is 2. The molecule has 23 heavy (non-hydrogen) atoms. The van der Waals surface area contributed by atoms with Gasteiger partial charge in [0.15, 0.2) is 5.57 Å². The molecule has 1 fully saturated rings. The fourth-order valence-electron chi connectivity index (χ4n) is 2.35. The smallest absolute Gasteiger partial charge is 0.350 e. The summed E-state index contributed by atoms with van der Waals surface area (Å²) in [5.41, 5.74) is 2.23. The Morgan fingerprint density at radius 1 is 1.13 bits per heavy atom. The lowest BCUT2D eigenvalue weighted by Gasteiger charge is -2.29. The van der Waals surface area contributed by atoms with Crippen LogP contribution in [0.2, 0.25) is 0 Å². The SMILES string of the molecule is Cc1ccc2cccnc2c1NC=C1C(=O)OC(C)(C)OC1=O. The van der Waals surface area contributed by atoms with Crippen LogP contribution >= 0.6 is 0 Å². The van der Waals surface area contributed by atoms with E-state index in [0.717, 1.165) is 22.2 Å². The molecule has 6 heteroatoms. The van der Waals surface area contributed by atoms with Gasteiger partial charge in [-0.2, -0.15) is 0 Å². The van der Waals surface area contributed by atoms with E-state index < -0.39 is 17.7 Å². The highest BCUT2D eigenvalue weighted by atomic mass is 16.7. The van der Waals surface area contributed by atoms with Crippen molar-refractivity contribution < 1.29 is 19.1 Å². The highest BCUT2D eigenvalue weighted by Gasteiger charge is 2.38. The minimum atomic E-state index is -1.25. The van der Waals surface area contributed by atoms with Gasteiger partial charge in [0.1, 0.15) is 0 Å². The molecule has 2 heterocycles. The summed E-state index contributed by atoms with van der Waals surface area (Å²) in [4.78, 5) is 28.2. The molecule has 118 valence electrons. The van der Waals surface area contributed by atoms with Crippen LogP contribution in [-0.2, 0) is 19.1 Å². The van der Waals surface area contributed by atoms with E-state index in [2.05, 4.69) is 10.3 Å². The van der Waals surface area contributed by atoms with Crippen molar-refractivity contribution in [1.82, 2.24) is 4.98 Å². The molecule has 0 spiro atoms. The van der Waals surface area contributed by atoms with E-state index in [4.69, 9.17) is 9.47 Å². The molecule has 0 amide bonds. The Kier molecular flexibility index (Phi) is 3.52. The Hall–Kier alpha value is -2.89. The molecule has 1 aromatic carbocycles. The minimum Gasteiger partial charge on any atom is -0.419 e. The molecule has 1 aliphatic rings. The van der Waals surface area contributed by atoms with E-state index in [0.29, 0.717) is 0 Å². The van der Waals surface area contributed by atoms with Gasteiger partial charge < -0.3 is 14.8 Å². The number of aryl methyl sites for hydroxylation is 1. The summed E-state index contributed by atoms with van der Waals surface area (Å²) in [7, 11) is 0. The van der Waals surface area contributed by atoms with Crippen LogP contribution in [0.3, 0.4) is 0 Å². The zero-order valence-corrected chi connectivity index (χ0v) is 13.0. The summed E-state index contributed by atoms with van der Waals surface area (Å²) >= 11 is 0. The van der Waals surface area contributed by atoms with Crippen molar-refractivity contribution in [3.8, 4) is 0 Å². The van der Waals surface area contributed by atoms with Gasteiger partial charge in [-0.15, -0.1) is 0 Å². The lowest BCUT2D eigenvalue weighted by atomic mass is 10.1. The van der Waals surface area contributed by atoms with Gasteiger partial charge in [-0.3, -0.25) is 4.98 Å². The molecule has 1 aromatic heterocycles. The lowest BCUT2D eigenvalue weighted by molar-refractivity contribution is -0.222. The number of nitrogens with zero attached hydrogens (tertiary/aromatic N) is 1. The molecular weight excluding hydrogens is 296 g/mol. The van der Waals surface area contributed by atoms with Crippen molar-refractivity contribution in [2.75, 3.05) is 5.32 Å². The molecular formula is C17H16N2O4. The van der Waals surface area contributed by atoms with E-state index in [9.17, 15) is 9.59 Å². The Morgan fingerprint density at radius 2 is 1.83 bits per heavy atom. The maximum atomic E-state index is 11.9. The average Bonchev–Trinajstić information content (AvgIpc) is 2.47. The molecule has 0 aliphatic carbocycles. The number of hydrogen-bond acceptors (Lipinski definition) is 6. The summed E-state index contributed by atoms with van der Waals surface area (Å²) in [6, 6.07) is 7.68. The topological polar surface area (TPSA) is 77.5 Å². The number of anilines is 1. The van der Waals surface area contributed by atoms with E-state index in [-0.39, 0.29) is 5.57 Å². The average molecular weight is 312 g/mol. The molecule has 3 rings (SSSR count). The second-order valence-electron chi connectivity index (χ2n) is 5.71. The van der Waals surface area contributed by atoms with E-state index in [1.165, 1.54) is 20.0 Å². The van der Waals surface area contributed by atoms with Crippen LogP contribution < -0.4 is 5.32 Å². The van der Waals surface area contributed by atoms with Crippen LogP contribution in [0.15, 0.2) is 42.2 Å². The summed E-state index contributed by atoms with van der Waals surface area (Å²) in [6.07, 6.45) is 2.99. The number of cyclic esters (lactones) is 2. The predicted octanol–water partition coefficient (Wildman–Crippen LogP) is 2.68. The highest BCUT2D eigenvalue weighted by Crippen LogP contribution is 2.27. The third-order valence-corrected chi connectivity index (χ3v) is 3.46. The maximum Gasteiger partial charge on any atom is 0.350 e. The number of rotatable bonds is 2. The molecule has 1 aliphatic heterocycles. The van der Waals surface area contributed by atoms with E-state index in [1.54, 1.807) is 6.20 Å². The second kappa shape index (κ2) is 5.39. The van der Waals surface area contributed by atoms with Crippen LogP contribution in [0.4, 0.5) is 5.69 Å². The number of ether oxygens (including phenoxy) is 2. The zero-order valence-electron chi connectivity index (χ0n) is 13.0. The van der Waals surface area contributed by atoms with Gasteiger partial charge in [0.05, 0.1) is 11.2 Å². The summed E-state index contributed by atoms with van der Waals surface area (Å²) in [5, 5.41) is 3.94. The number of benzene rings is 1. The number of hydrogen-bond donors (Lipinski definition) is 1. The molecule has 1 N–H and O–H groups in total. The number of carbonyl (C=O) groups is 2. The minimum absolute atomic E-state index is 0.184. The first-order valence-corrected chi connectivity index (χ1v) is 7.15. The van der Waals surface area contributed by atoms with Crippen molar-refractivity contribution in [1.29, 1.82) is 0 Å². The Labute approximate surface area is 133 Å². The molecule has 2 aromatic rings. The highest BCUT2D eigenvalue weighted by molar-refractivity contribution is 6.15. The maximum absolute atomic E-state index is 11.9. The standard InChI is InChI=1S/C17H16N2O4/c1-10-6-7-11-5-4-8-18-14(11)13(10)19-9-12-15(20)22-17(2,3)23-16(12)21/h4-9,19H,1-3H3. The monoisotopic (exact) mass is 312 g/mol. The fraction of sp³-hybridized carbons (Fsp3) is 0.235. The largest absolute Gasteiger partial charge is 0.419 e. The van der Waals surface area contributed by atoms with Crippen molar-refractivity contribution >= 4 is 28.5 Å². The van der Waals surface area contributed by atoms with Gasteiger partial charge in [-0.1, -0.05) is 18.2 Å². The molecule has 6 nitrogen and oxygen atoms in total. The van der Waals surface area contributed by atoms with Gasteiger partial charge in [0.2, 0.25) is 0 Å². The molecule has 0 unspecified atom stereocenters. The van der Waals surface area contributed by atoms with E-state index >= 15 is 0 Å². The molecule has 0 atom stereocenters. The van der Waals surface area contributed by atoms with Crippen molar-refractivity contribution in [2.24, 2.45) is 0 Å². The van der Waals surface area contributed by atoms with Crippen LogP contribution in [0.1, 0.15) is 19.4 Å². The first-order chi connectivity index (χ1) is 10.9. The van der Waals surface area contributed by atoms with Crippen LogP contribution in [-0.4, -0.2) is 22.7 Å². The van der Waals surface area contributed by atoms with Gasteiger partial charge in [0, 0.05) is 31.6 Å². The van der Waals surface area contributed by atoms with E-state index in [1.807, 2.05) is 31.2 Å². The Balaban J connectivity index is 1.96. The number of fused-ring (bicyclic) bond motifs is 1. The van der Waals surface area contributed by atoms with Crippen molar-refractivity contribution in [3.05, 3.63) is 47.8 Å². The molecule has 0 radical (unpaired) electrons. The van der Waals surface area contributed by atoms with Crippen molar-refractivity contribution in [2.45, 2.75) is 26.6 Å².